The molecule has 0 spiro atoms. The second-order valence-corrected chi connectivity index (χ2v) is 6.65. The van der Waals surface area contributed by atoms with Crippen LogP contribution >= 0.6 is 0 Å². The molecule has 1 atom stereocenters. The summed E-state index contributed by atoms with van der Waals surface area (Å²) >= 11 is 0. The molecule has 0 radical (unpaired) electrons. The fraction of sp³-hybridized carbons (Fsp3) is 0.208. The summed E-state index contributed by atoms with van der Waals surface area (Å²) in [6.45, 7) is 4.61. The van der Waals surface area contributed by atoms with E-state index in [1.54, 1.807) is 6.07 Å². The lowest BCUT2D eigenvalue weighted by Gasteiger charge is -2.18. The van der Waals surface area contributed by atoms with E-state index in [1.165, 1.54) is 5.56 Å². The first-order valence-corrected chi connectivity index (χ1v) is 9.30. The number of carbonyl (C=O) groups is 1. The monoisotopic (exact) mass is 359 g/mol. The highest BCUT2D eigenvalue weighted by molar-refractivity contribution is 5.94. The van der Waals surface area contributed by atoms with Crippen molar-refractivity contribution in [3.63, 3.8) is 0 Å². The summed E-state index contributed by atoms with van der Waals surface area (Å²) < 4.78 is 5.83. The van der Waals surface area contributed by atoms with Gasteiger partial charge in [0.2, 0.25) is 0 Å². The number of benzene rings is 3. The number of amides is 1. The van der Waals surface area contributed by atoms with E-state index in [4.69, 9.17) is 4.74 Å². The van der Waals surface area contributed by atoms with E-state index < -0.39 is 0 Å². The third-order valence-corrected chi connectivity index (χ3v) is 4.54. The van der Waals surface area contributed by atoms with Crippen molar-refractivity contribution < 1.29 is 9.53 Å². The van der Waals surface area contributed by atoms with Gasteiger partial charge in [-0.2, -0.15) is 0 Å². The molecule has 0 bridgehead atoms. The Morgan fingerprint density at radius 3 is 2.41 bits per heavy atom. The van der Waals surface area contributed by atoms with Crippen molar-refractivity contribution in [2.45, 2.75) is 32.9 Å². The smallest absolute Gasteiger partial charge is 0.251 e. The van der Waals surface area contributed by atoms with Gasteiger partial charge in [-0.3, -0.25) is 4.79 Å². The molecule has 3 nitrogen and oxygen atoms in total. The van der Waals surface area contributed by atoms with Crippen molar-refractivity contribution in [3.05, 3.63) is 101 Å². The first-order valence-electron chi connectivity index (χ1n) is 9.30. The molecule has 0 heterocycles. The molecule has 0 unspecified atom stereocenters. The van der Waals surface area contributed by atoms with E-state index in [0.29, 0.717) is 17.9 Å². The van der Waals surface area contributed by atoms with Gasteiger partial charge in [-0.25, -0.2) is 0 Å². The fourth-order valence-electron chi connectivity index (χ4n) is 2.93. The summed E-state index contributed by atoms with van der Waals surface area (Å²) in [4.78, 5) is 12.7. The molecule has 0 fully saturated rings. The van der Waals surface area contributed by atoms with Gasteiger partial charge in [0.1, 0.15) is 12.4 Å². The van der Waals surface area contributed by atoms with Gasteiger partial charge >= 0.3 is 0 Å². The van der Waals surface area contributed by atoms with Gasteiger partial charge in [-0.1, -0.05) is 73.2 Å². The largest absolute Gasteiger partial charge is 0.489 e. The number of hydrogen-bond acceptors (Lipinski definition) is 2. The van der Waals surface area contributed by atoms with Crippen LogP contribution in [0.2, 0.25) is 0 Å². The Kier molecular flexibility index (Phi) is 6.26. The van der Waals surface area contributed by atoms with Gasteiger partial charge < -0.3 is 10.1 Å². The molecule has 0 saturated carbocycles. The van der Waals surface area contributed by atoms with Crippen LogP contribution in [-0.2, 0) is 6.61 Å². The maximum atomic E-state index is 12.7. The van der Waals surface area contributed by atoms with Crippen LogP contribution in [-0.4, -0.2) is 5.91 Å². The van der Waals surface area contributed by atoms with E-state index in [0.717, 1.165) is 17.5 Å². The van der Waals surface area contributed by atoms with E-state index in [1.807, 2.05) is 48.5 Å². The zero-order valence-electron chi connectivity index (χ0n) is 15.8. The normalized spacial score (nSPS) is 11.6. The van der Waals surface area contributed by atoms with Gasteiger partial charge in [0, 0.05) is 5.56 Å². The molecule has 3 aromatic rings. The molecule has 0 aliphatic carbocycles. The quantitative estimate of drug-likeness (QED) is 0.609. The van der Waals surface area contributed by atoms with Crippen LogP contribution in [0.1, 0.15) is 46.4 Å². The van der Waals surface area contributed by atoms with E-state index in [-0.39, 0.29) is 11.9 Å². The molecular weight excluding hydrogens is 334 g/mol. The predicted molar refractivity (Wildman–Crippen MR) is 109 cm³/mol. The van der Waals surface area contributed by atoms with Crippen LogP contribution in [0.15, 0.2) is 78.9 Å². The fourth-order valence-corrected chi connectivity index (χ4v) is 2.93. The molecule has 27 heavy (non-hydrogen) atoms. The standard InChI is InChI=1S/C24H25NO2/c1-3-23(20-14-12-18(2)13-15-20)25-24(26)21-10-7-11-22(16-21)27-17-19-8-5-4-6-9-19/h4-16,23H,3,17H2,1-2H3,(H,25,26)/t23-/m0/s1. The molecule has 1 N–H and O–H groups in total. The Labute approximate surface area is 161 Å². The summed E-state index contributed by atoms with van der Waals surface area (Å²) in [7, 11) is 0. The summed E-state index contributed by atoms with van der Waals surface area (Å²) in [5.41, 5.74) is 4.03. The summed E-state index contributed by atoms with van der Waals surface area (Å²) in [6, 6.07) is 25.6. The first-order chi connectivity index (χ1) is 13.2. The average molecular weight is 359 g/mol. The summed E-state index contributed by atoms with van der Waals surface area (Å²) in [6.07, 6.45) is 0.832. The second-order valence-electron chi connectivity index (χ2n) is 6.65. The summed E-state index contributed by atoms with van der Waals surface area (Å²) in [5.74, 6) is 0.600. The van der Waals surface area contributed by atoms with Crippen LogP contribution in [0.5, 0.6) is 5.75 Å². The molecule has 0 aliphatic heterocycles. The van der Waals surface area contributed by atoms with Crippen molar-refractivity contribution in [3.8, 4) is 5.75 Å². The van der Waals surface area contributed by atoms with Crippen LogP contribution in [0, 0.1) is 6.92 Å². The predicted octanol–water partition coefficient (Wildman–Crippen LogP) is 5.46. The SMILES string of the molecule is CC[C@H](NC(=O)c1cccc(OCc2ccccc2)c1)c1ccc(C)cc1. The lowest BCUT2D eigenvalue weighted by Crippen LogP contribution is -2.28. The zero-order chi connectivity index (χ0) is 19.1. The lowest BCUT2D eigenvalue weighted by atomic mass is 10.0. The zero-order valence-corrected chi connectivity index (χ0v) is 15.8. The minimum Gasteiger partial charge on any atom is -0.489 e. The Morgan fingerprint density at radius 2 is 1.70 bits per heavy atom. The molecule has 3 rings (SSSR count). The number of hydrogen-bond donors (Lipinski definition) is 1. The Bertz CT molecular complexity index is 872. The molecule has 1 amide bonds. The second kappa shape index (κ2) is 9.04. The van der Waals surface area contributed by atoms with Crippen LogP contribution in [0.25, 0.3) is 0 Å². The molecule has 138 valence electrons. The summed E-state index contributed by atoms with van der Waals surface area (Å²) in [5, 5.41) is 3.13. The molecule has 0 aromatic heterocycles. The molecular formula is C24H25NO2. The number of carbonyl (C=O) groups excluding carboxylic acids is 1. The third kappa shape index (κ3) is 5.20. The first kappa shape index (κ1) is 18.7. The number of rotatable bonds is 7. The Hall–Kier alpha value is -3.07. The number of ether oxygens (including phenoxy) is 1. The highest BCUT2D eigenvalue weighted by Crippen LogP contribution is 2.20. The van der Waals surface area contributed by atoms with Crippen LogP contribution in [0.4, 0.5) is 0 Å². The minimum atomic E-state index is -0.0902. The topological polar surface area (TPSA) is 38.3 Å². The van der Waals surface area contributed by atoms with Gasteiger partial charge in [0.25, 0.3) is 5.91 Å². The highest BCUT2D eigenvalue weighted by atomic mass is 16.5. The molecule has 3 heteroatoms. The number of nitrogens with one attached hydrogen (secondary N) is 1. The lowest BCUT2D eigenvalue weighted by molar-refractivity contribution is 0.0935. The van der Waals surface area contributed by atoms with E-state index in [9.17, 15) is 4.79 Å². The van der Waals surface area contributed by atoms with Gasteiger partial charge in [-0.15, -0.1) is 0 Å². The minimum absolute atomic E-state index is 0.00741. The van der Waals surface area contributed by atoms with Crippen LogP contribution < -0.4 is 10.1 Å². The van der Waals surface area contributed by atoms with Crippen molar-refractivity contribution in [1.29, 1.82) is 0 Å². The van der Waals surface area contributed by atoms with Crippen molar-refractivity contribution in [2.75, 3.05) is 0 Å². The Morgan fingerprint density at radius 1 is 0.963 bits per heavy atom. The molecule has 3 aromatic carbocycles. The van der Waals surface area contributed by atoms with Crippen LogP contribution in [0.3, 0.4) is 0 Å². The van der Waals surface area contributed by atoms with Gasteiger partial charge in [0.15, 0.2) is 0 Å². The molecule has 0 aliphatic rings. The average Bonchev–Trinajstić information content (AvgIpc) is 2.72. The number of aryl methyl sites for hydroxylation is 1. The van der Waals surface area contributed by atoms with Crippen molar-refractivity contribution >= 4 is 5.91 Å². The van der Waals surface area contributed by atoms with Crippen molar-refractivity contribution in [1.82, 2.24) is 5.32 Å². The Balaban J connectivity index is 1.66. The third-order valence-electron chi connectivity index (χ3n) is 4.54. The molecule has 0 saturated heterocycles. The van der Waals surface area contributed by atoms with Crippen molar-refractivity contribution in [2.24, 2.45) is 0 Å². The highest BCUT2D eigenvalue weighted by Gasteiger charge is 2.14. The van der Waals surface area contributed by atoms with Gasteiger partial charge in [0.05, 0.1) is 6.04 Å². The van der Waals surface area contributed by atoms with E-state index >= 15 is 0 Å². The maximum Gasteiger partial charge on any atom is 0.251 e. The van der Waals surface area contributed by atoms with E-state index in [2.05, 4.69) is 43.4 Å². The maximum absolute atomic E-state index is 12.7. The van der Waals surface area contributed by atoms with Gasteiger partial charge in [-0.05, 0) is 42.7 Å².